The summed E-state index contributed by atoms with van der Waals surface area (Å²) in [5.74, 6) is 2.59. The minimum atomic E-state index is 0.626. The molecule has 2 nitrogen and oxygen atoms in total. The van der Waals surface area contributed by atoms with Crippen LogP contribution in [0.15, 0.2) is 42.5 Å². The van der Waals surface area contributed by atoms with Crippen LogP contribution in [-0.4, -0.2) is 0 Å². The number of hydrogen-bond donors (Lipinski definition) is 1. The maximum atomic E-state index is 9.10. The Kier molecular flexibility index (Phi) is 3.32. The van der Waals surface area contributed by atoms with E-state index < -0.39 is 0 Å². The highest BCUT2D eigenvalue weighted by atomic mass is 14.9. The molecule has 0 saturated heterocycles. The number of nitrogens with one attached hydrogen (secondary N) is 1. The SMILES string of the molecule is C#Cc1cccc(Nc2ccc(C)cc2C#N)c1. The zero-order valence-electron chi connectivity index (χ0n) is 10.1. The van der Waals surface area contributed by atoms with E-state index in [1.165, 1.54) is 0 Å². The maximum absolute atomic E-state index is 9.10. The molecular weight excluding hydrogens is 220 g/mol. The van der Waals surface area contributed by atoms with Gasteiger partial charge in [0, 0.05) is 11.3 Å². The van der Waals surface area contributed by atoms with Crippen LogP contribution < -0.4 is 5.32 Å². The third-order valence-corrected chi connectivity index (χ3v) is 2.60. The van der Waals surface area contributed by atoms with Gasteiger partial charge < -0.3 is 5.32 Å². The van der Waals surface area contributed by atoms with Crippen LogP contribution in [0.4, 0.5) is 11.4 Å². The Hall–Kier alpha value is -2.71. The van der Waals surface area contributed by atoms with Crippen molar-refractivity contribution in [2.24, 2.45) is 0 Å². The van der Waals surface area contributed by atoms with Crippen molar-refractivity contribution in [1.29, 1.82) is 5.26 Å². The van der Waals surface area contributed by atoms with Gasteiger partial charge in [0.15, 0.2) is 0 Å². The molecular formula is C16H12N2. The Balaban J connectivity index is 2.35. The predicted octanol–water partition coefficient (Wildman–Crippen LogP) is 3.59. The third-order valence-electron chi connectivity index (χ3n) is 2.60. The maximum Gasteiger partial charge on any atom is 0.101 e. The van der Waals surface area contributed by atoms with Gasteiger partial charge in [0.1, 0.15) is 6.07 Å². The molecule has 2 aromatic rings. The van der Waals surface area contributed by atoms with Crippen molar-refractivity contribution in [3.8, 4) is 18.4 Å². The number of nitriles is 1. The highest BCUT2D eigenvalue weighted by Crippen LogP contribution is 2.22. The molecule has 0 heterocycles. The van der Waals surface area contributed by atoms with Crippen LogP contribution in [-0.2, 0) is 0 Å². The Bertz CT molecular complexity index is 658. The topological polar surface area (TPSA) is 35.8 Å². The van der Waals surface area contributed by atoms with Crippen LogP contribution in [0, 0.1) is 30.6 Å². The summed E-state index contributed by atoms with van der Waals surface area (Å²) >= 11 is 0. The van der Waals surface area contributed by atoms with Crippen molar-refractivity contribution < 1.29 is 0 Å². The Morgan fingerprint density at radius 3 is 2.72 bits per heavy atom. The molecule has 0 aromatic heterocycles. The summed E-state index contributed by atoms with van der Waals surface area (Å²) in [4.78, 5) is 0. The molecule has 0 aliphatic carbocycles. The molecule has 0 aliphatic heterocycles. The van der Waals surface area contributed by atoms with Gasteiger partial charge in [0.05, 0.1) is 11.3 Å². The number of hydrogen-bond acceptors (Lipinski definition) is 2. The Morgan fingerprint density at radius 1 is 1.17 bits per heavy atom. The molecule has 86 valence electrons. The smallest absolute Gasteiger partial charge is 0.101 e. The van der Waals surface area contributed by atoms with E-state index >= 15 is 0 Å². The van der Waals surface area contributed by atoms with Crippen molar-refractivity contribution in [3.05, 3.63) is 59.2 Å². The Labute approximate surface area is 107 Å². The van der Waals surface area contributed by atoms with E-state index in [0.717, 1.165) is 22.5 Å². The zero-order chi connectivity index (χ0) is 13.0. The molecule has 0 atom stereocenters. The van der Waals surface area contributed by atoms with Crippen molar-refractivity contribution in [1.82, 2.24) is 0 Å². The van der Waals surface area contributed by atoms with Gasteiger partial charge in [-0.25, -0.2) is 0 Å². The average molecular weight is 232 g/mol. The molecule has 0 saturated carbocycles. The molecule has 0 bridgehead atoms. The molecule has 2 rings (SSSR count). The van der Waals surface area contributed by atoms with Crippen molar-refractivity contribution in [2.45, 2.75) is 6.92 Å². The monoisotopic (exact) mass is 232 g/mol. The normalized spacial score (nSPS) is 9.28. The summed E-state index contributed by atoms with van der Waals surface area (Å²) in [5, 5.41) is 12.3. The predicted molar refractivity (Wildman–Crippen MR) is 73.6 cm³/mol. The van der Waals surface area contributed by atoms with E-state index in [-0.39, 0.29) is 0 Å². The third kappa shape index (κ3) is 2.51. The van der Waals surface area contributed by atoms with Gasteiger partial charge in [-0.3, -0.25) is 0 Å². The molecule has 0 amide bonds. The quantitative estimate of drug-likeness (QED) is 0.803. The van der Waals surface area contributed by atoms with Crippen LogP contribution in [0.5, 0.6) is 0 Å². The lowest BCUT2D eigenvalue weighted by atomic mass is 10.1. The van der Waals surface area contributed by atoms with Crippen LogP contribution in [0.3, 0.4) is 0 Å². The molecule has 0 spiro atoms. The van der Waals surface area contributed by atoms with Crippen molar-refractivity contribution in [2.75, 3.05) is 5.32 Å². The molecule has 18 heavy (non-hydrogen) atoms. The minimum Gasteiger partial charge on any atom is -0.354 e. The summed E-state index contributed by atoms with van der Waals surface area (Å²) < 4.78 is 0. The summed E-state index contributed by atoms with van der Waals surface area (Å²) in [6.45, 7) is 1.96. The second kappa shape index (κ2) is 5.08. The molecule has 1 N–H and O–H groups in total. The first-order valence-corrected chi connectivity index (χ1v) is 5.57. The number of anilines is 2. The standard InChI is InChI=1S/C16H12N2/c1-3-13-5-4-6-15(10-13)18-16-8-7-12(2)9-14(16)11-17/h1,4-10,18H,2H3. The first-order chi connectivity index (χ1) is 8.72. The van der Waals surface area contributed by atoms with Gasteiger partial charge in [-0.1, -0.05) is 18.1 Å². The van der Waals surface area contributed by atoms with Crippen molar-refractivity contribution >= 4 is 11.4 Å². The van der Waals surface area contributed by atoms with Crippen LogP contribution in [0.1, 0.15) is 16.7 Å². The zero-order valence-corrected chi connectivity index (χ0v) is 10.1. The first kappa shape index (κ1) is 11.8. The van der Waals surface area contributed by atoms with Gasteiger partial charge in [0.25, 0.3) is 0 Å². The molecule has 0 radical (unpaired) electrons. The largest absolute Gasteiger partial charge is 0.354 e. The van der Waals surface area contributed by atoms with Crippen LogP contribution in [0.25, 0.3) is 0 Å². The number of benzene rings is 2. The van der Waals surface area contributed by atoms with Gasteiger partial charge in [-0.2, -0.15) is 5.26 Å². The molecule has 0 unspecified atom stereocenters. The second-order valence-corrected chi connectivity index (χ2v) is 4.01. The van der Waals surface area contributed by atoms with Gasteiger partial charge in [-0.15, -0.1) is 6.42 Å². The fourth-order valence-corrected chi connectivity index (χ4v) is 1.70. The fourth-order valence-electron chi connectivity index (χ4n) is 1.70. The molecule has 0 aliphatic rings. The van der Waals surface area contributed by atoms with E-state index in [9.17, 15) is 0 Å². The summed E-state index contributed by atoms with van der Waals surface area (Å²) in [5.41, 5.74) is 4.17. The lowest BCUT2D eigenvalue weighted by molar-refractivity contribution is 1.40. The van der Waals surface area contributed by atoms with Crippen molar-refractivity contribution in [3.63, 3.8) is 0 Å². The van der Waals surface area contributed by atoms with Gasteiger partial charge in [0.2, 0.25) is 0 Å². The van der Waals surface area contributed by atoms with Gasteiger partial charge in [-0.05, 0) is 42.8 Å². The fraction of sp³-hybridized carbons (Fsp3) is 0.0625. The summed E-state index contributed by atoms with van der Waals surface area (Å²) in [7, 11) is 0. The number of nitrogens with zero attached hydrogens (tertiary/aromatic N) is 1. The summed E-state index contributed by atoms with van der Waals surface area (Å²) in [6.07, 6.45) is 5.36. The lowest BCUT2D eigenvalue weighted by Crippen LogP contribution is -1.94. The number of aryl methyl sites for hydroxylation is 1. The molecule has 2 heteroatoms. The van der Waals surface area contributed by atoms with E-state index in [0.29, 0.717) is 5.56 Å². The van der Waals surface area contributed by atoms with Crippen LogP contribution in [0.2, 0.25) is 0 Å². The minimum absolute atomic E-state index is 0.626. The average Bonchev–Trinajstić information content (AvgIpc) is 2.41. The second-order valence-electron chi connectivity index (χ2n) is 4.01. The van der Waals surface area contributed by atoms with E-state index in [2.05, 4.69) is 17.3 Å². The van der Waals surface area contributed by atoms with E-state index in [1.54, 1.807) is 0 Å². The van der Waals surface area contributed by atoms with E-state index in [4.69, 9.17) is 11.7 Å². The number of rotatable bonds is 2. The van der Waals surface area contributed by atoms with Crippen LogP contribution >= 0.6 is 0 Å². The summed E-state index contributed by atoms with van der Waals surface area (Å²) in [6, 6.07) is 15.5. The first-order valence-electron chi connectivity index (χ1n) is 5.57. The Morgan fingerprint density at radius 2 is 2.00 bits per heavy atom. The van der Waals surface area contributed by atoms with E-state index in [1.807, 2.05) is 49.4 Å². The highest BCUT2D eigenvalue weighted by Gasteiger charge is 2.02. The lowest BCUT2D eigenvalue weighted by Gasteiger charge is -2.09. The molecule has 0 fully saturated rings. The van der Waals surface area contributed by atoms with Gasteiger partial charge >= 0.3 is 0 Å². The molecule has 2 aromatic carbocycles. The highest BCUT2D eigenvalue weighted by molar-refractivity contribution is 5.67. The number of terminal acetylenes is 1.